The number of nitrogens with two attached hydrogens (primary N) is 1. The largest absolute Gasteiger partial charge is 0.344 e. The second-order valence-corrected chi connectivity index (χ2v) is 12.1. The lowest BCUT2D eigenvalue weighted by Crippen LogP contribution is -2.73. The van der Waals surface area contributed by atoms with Crippen molar-refractivity contribution in [3.05, 3.63) is 120 Å². The van der Waals surface area contributed by atoms with Gasteiger partial charge in [-0.15, -0.1) is 0 Å². The molecule has 3 aromatic carbocycles. The molecule has 0 saturated heterocycles. The second-order valence-electron chi connectivity index (χ2n) is 12.1. The Bertz CT molecular complexity index is 1430. The molecule has 5 rings (SSSR count). The Labute approximate surface area is 242 Å². The van der Waals surface area contributed by atoms with Gasteiger partial charge in [-0.2, -0.15) is 0 Å². The lowest BCUT2D eigenvalue weighted by molar-refractivity contribution is -0.538. The SMILES string of the molecule is CCCN1/C(=C/C=C/C=C/C=C/CC2(c3ccc4ccccc4c3[NH2+]C)CCCCC2)C(C)(C)c2ccccc21. The number of anilines is 1. The van der Waals surface area contributed by atoms with E-state index in [0.717, 1.165) is 19.4 Å². The highest BCUT2D eigenvalue weighted by molar-refractivity contribution is 5.92. The third kappa shape index (κ3) is 5.47. The molecule has 0 unspecified atom stereocenters. The predicted molar refractivity (Wildman–Crippen MR) is 173 cm³/mol. The van der Waals surface area contributed by atoms with Crippen LogP contribution in [-0.4, -0.2) is 13.6 Å². The highest BCUT2D eigenvalue weighted by Crippen LogP contribution is 2.48. The third-order valence-electron chi connectivity index (χ3n) is 9.23. The molecule has 2 aliphatic rings. The van der Waals surface area contributed by atoms with E-state index in [2.05, 4.69) is 141 Å². The highest BCUT2D eigenvalue weighted by atomic mass is 15.2. The zero-order valence-corrected chi connectivity index (χ0v) is 25.0. The van der Waals surface area contributed by atoms with Crippen LogP contribution in [-0.2, 0) is 10.8 Å². The lowest BCUT2D eigenvalue weighted by atomic mass is 9.66. The van der Waals surface area contributed by atoms with Crippen LogP contribution in [0.4, 0.5) is 11.4 Å². The maximum absolute atomic E-state index is 2.50. The molecular formula is C38H47N2+. The summed E-state index contributed by atoms with van der Waals surface area (Å²) >= 11 is 0. The van der Waals surface area contributed by atoms with E-state index in [1.807, 2.05) is 0 Å². The van der Waals surface area contributed by atoms with E-state index >= 15 is 0 Å². The van der Waals surface area contributed by atoms with Gasteiger partial charge in [-0.3, -0.25) is 0 Å². The molecule has 208 valence electrons. The Morgan fingerprint density at radius 2 is 1.52 bits per heavy atom. The Kier molecular flexibility index (Phi) is 8.76. The first kappa shape index (κ1) is 28.2. The van der Waals surface area contributed by atoms with Crippen molar-refractivity contribution in [3.63, 3.8) is 0 Å². The number of quaternary nitrogens is 1. The lowest BCUT2D eigenvalue weighted by Gasteiger charge is -2.37. The summed E-state index contributed by atoms with van der Waals surface area (Å²) in [6.45, 7) is 8.00. The molecular weight excluding hydrogens is 484 g/mol. The minimum absolute atomic E-state index is 0.0194. The average molecular weight is 532 g/mol. The van der Waals surface area contributed by atoms with Crippen molar-refractivity contribution in [3.8, 4) is 0 Å². The van der Waals surface area contributed by atoms with Gasteiger partial charge >= 0.3 is 0 Å². The van der Waals surface area contributed by atoms with Crippen LogP contribution in [0.15, 0.2) is 109 Å². The van der Waals surface area contributed by atoms with Gasteiger partial charge in [0, 0.05) is 39.7 Å². The maximum Gasteiger partial charge on any atom is 0.141 e. The first-order valence-corrected chi connectivity index (χ1v) is 15.4. The van der Waals surface area contributed by atoms with Crippen LogP contribution in [0.5, 0.6) is 0 Å². The minimum atomic E-state index is 0.0194. The number of benzene rings is 3. The zero-order chi connectivity index (χ0) is 28.0. The smallest absolute Gasteiger partial charge is 0.141 e. The molecule has 2 N–H and O–H groups in total. The molecule has 2 heteroatoms. The van der Waals surface area contributed by atoms with Crippen molar-refractivity contribution in [2.24, 2.45) is 0 Å². The van der Waals surface area contributed by atoms with Gasteiger partial charge in [0.15, 0.2) is 0 Å². The Morgan fingerprint density at radius 1 is 0.800 bits per heavy atom. The third-order valence-corrected chi connectivity index (χ3v) is 9.23. The Balaban J connectivity index is 1.30. The van der Waals surface area contributed by atoms with E-state index in [0.29, 0.717) is 0 Å². The molecule has 1 aliphatic heterocycles. The van der Waals surface area contributed by atoms with Crippen LogP contribution < -0.4 is 10.2 Å². The summed E-state index contributed by atoms with van der Waals surface area (Å²) in [5.41, 5.74) is 7.41. The van der Waals surface area contributed by atoms with Crippen molar-refractivity contribution < 1.29 is 5.32 Å². The average Bonchev–Trinajstić information content (AvgIpc) is 3.20. The molecule has 3 aromatic rings. The van der Waals surface area contributed by atoms with Crippen LogP contribution in [0.2, 0.25) is 0 Å². The molecule has 0 bridgehead atoms. The van der Waals surface area contributed by atoms with Crippen LogP contribution in [0.25, 0.3) is 10.8 Å². The second kappa shape index (κ2) is 12.4. The monoisotopic (exact) mass is 531 g/mol. The molecule has 1 aliphatic carbocycles. The normalized spacial score (nSPS) is 19.5. The predicted octanol–water partition coefficient (Wildman–Crippen LogP) is 9.02. The van der Waals surface area contributed by atoms with E-state index in [1.165, 1.54) is 65.5 Å². The molecule has 40 heavy (non-hydrogen) atoms. The van der Waals surface area contributed by atoms with Crippen molar-refractivity contribution in [2.45, 2.75) is 76.5 Å². The fraction of sp³-hybridized carbons (Fsp3) is 0.368. The highest BCUT2D eigenvalue weighted by Gasteiger charge is 2.39. The summed E-state index contributed by atoms with van der Waals surface area (Å²) in [7, 11) is 2.20. The molecule has 1 saturated carbocycles. The zero-order valence-electron chi connectivity index (χ0n) is 25.0. The van der Waals surface area contributed by atoms with Crippen molar-refractivity contribution >= 4 is 22.1 Å². The van der Waals surface area contributed by atoms with Crippen LogP contribution in [0.1, 0.15) is 76.8 Å². The summed E-state index contributed by atoms with van der Waals surface area (Å²) in [6, 6.07) is 22.5. The summed E-state index contributed by atoms with van der Waals surface area (Å²) in [5.74, 6) is 0. The molecule has 0 atom stereocenters. The van der Waals surface area contributed by atoms with Crippen LogP contribution in [0, 0.1) is 0 Å². The van der Waals surface area contributed by atoms with Crippen molar-refractivity contribution in [2.75, 3.05) is 18.5 Å². The fourth-order valence-electron chi connectivity index (χ4n) is 7.20. The van der Waals surface area contributed by atoms with Gasteiger partial charge in [0.1, 0.15) is 5.69 Å². The first-order chi connectivity index (χ1) is 19.5. The molecule has 0 amide bonds. The standard InChI is InChI=1S/C38H46N2/c1-5-29-40-34-22-15-14-21-32(34)37(2,3)35(40)23-11-8-6-7-9-16-26-38(27-17-10-18-28-38)33-25-24-30-19-12-13-20-31(30)36(33)39-4/h6-9,11-16,19-25,39H,5,10,17-18,26-29H2,1-4H3/p+1/b7-6+,11-8+,16-9+,35-23+. The molecule has 1 fully saturated rings. The quantitative estimate of drug-likeness (QED) is 0.216. The number of hydrogen-bond acceptors (Lipinski definition) is 1. The molecule has 0 spiro atoms. The van der Waals surface area contributed by atoms with E-state index < -0.39 is 0 Å². The van der Waals surface area contributed by atoms with Crippen LogP contribution in [0.3, 0.4) is 0 Å². The number of fused-ring (bicyclic) bond motifs is 2. The first-order valence-electron chi connectivity index (χ1n) is 15.4. The van der Waals surface area contributed by atoms with Gasteiger partial charge in [0.2, 0.25) is 0 Å². The van der Waals surface area contributed by atoms with Gasteiger partial charge in [0.05, 0.1) is 7.05 Å². The van der Waals surface area contributed by atoms with Gasteiger partial charge in [0.25, 0.3) is 0 Å². The van der Waals surface area contributed by atoms with E-state index in [1.54, 1.807) is 5.56 Å². The minimum Gasteiger partial charge on any atom is -0.344 e. The molecule has 0 aromatic heterocycles. The maximum atomic E-state index is 2.50. The molecule has 2 nitrogen and oxygen atoms in total. The number of para-hydroxylation sites is 1. The topological polar surface area (TPSA) is 19.9 Å². The van der Waals surface area contributed by atoms with Crippen LogP contribution >= 0.6 is 0 Å². The van der Waals surface area contributed by atoms with Gasteiger partial charge < -0.3 is 10.2 Å². The van der Waals surface area contributed by atoms with Crippen molar-refractivity contribution in [1.82, 2.24) is 0 Å². The van der Waals surface area contributed by atoms with Crippen molar-refractivity contribution in [1.29, 1.82) is 0 Å². The Hall–Kier alpha value is -3.36. The summed E-state index contributed by atoms with van der Waals surface area (Å²) in [4.78, 5) is 2.50. The van der Waals surface area contributed by atoms with E-state index in [4.69, 9.17) is 0 Å². The van der Waals surface area contributed by atoms with E-state index in [-0.39, 0.29) is 10.8 Å². The number of allylic oxidation sites excluding steroid dienone is 8. The summed E-state index contributed by atoms with van der Waals surface area (Å²) < 4.78 is 0. The van der Waals surface area contributed by atoms with E-state index in [9.17, 15) is 0 Å². The number of rotatable bonds is 9. The number of hydrogen-bond donors (Lipinski definition) is 1. The fourth-order valence-corrected chi connectivity index (χ4v) is 7.20. The molecule has 1 heterocycles. The summed E-state index contributed by atoms with van der Waals surface area (Å²) in [6.07, 6.45) is 24.5. The summed E-state index contributed by atoms with van der Waals surface area (Å²) in [5, 5.41) is 5.07. The molecule has 0 radical (unpaired) electrons. The van der Waals surface area contributed by atoms with Gasteiger partial charge in [-0.1, -0.05) is 125 Å². The van der Waals surface area contributed by atoms with Gasteiger partial charge in [-0.05, 0) is 54.8 Å². The Morgan fingerprint density at radius 3 is 2.33 bits per heavy atom. The van der Waals surface area contributed by atoms with Gasteiger partial charge in [-0.25, -0.2) is 0 Å². The number of nitrogens with zero attached hydrogens (tertiary/aromatic N) is 1.